The molecule has 1 saturated heterocycles. The third-order valence-electron chi connectivity index (χ3n) is 14.7. The fraction of sp³-hybridized carbons (Fsp3) is 0.102. The van der Waals surface area contributed by atoms with Gasteiger partial charge in [0.15, 0.2) is 5.82 Å². The molecule has 66 heavy (non-hydrogen) atoms. The van der Waals surface area contributed by atoms with Crippen molar-refractivity contribution in [3.05, 3.63) is 212 Å². The molecule has 7 nitrogen and oxygen atoms in total. The smallest absolute Gasteiger partial charge is 0.240 e. The predicted octanol–water partition coefficient (Wildman–Crippen LogP) is 13.9. The second-order valence-corrected chi connectivity index (χ2v) is 18.3. The van der Waals surface area contributed by atoms with Crippen molar-refractivity contribution >= 4 is 71.1 Å². The molecule has 1 fully saturated rings. The van der Waals surface area contributed by atoms with Crippen LogP contribution in [0.5, 0.6) is 0 Å². The quantitative estimate of drug-likeness (QED) is 0.173. The Kier molecular flexibility index (Phi) is 7.79. The third-order valence-corrected chi connectivity index (χ3v) is 14.7. The summed E-state index contributed by atoms with van der Waals surface area (Å²) >= 11 is 0. The number of para-hydroxylation sites is 4. The minimum Gasteiger partial charge on any atom is -0.335 e. The van der Waals surface area contributed by atoms with E-state index in [2.05, 4.69) is 221 Å². The Morgan fingerprint density at radius 1 is 0.455 bits per heavy atom. The van der Waals surface area contributed by atoms with Gasteiger partial charge in [-0.3, -0.25) is 9.13 Å². The molecule has 0 radical (unpaired) electrons. The summed E-state index contributed by atoms with van der Waals surface area (Å²) in [4.78, 5) is 18.7. The molecule has 1 aliphatic heterocycles. The maximum atomic E-state index is 5.48. The minimum atomic E-state index is -0.197. The lowest BCUT2D eigenvalue weighted by Gasteiger charge is -2.39. The van der Waals surface area contributed by atoms with E-state index < -0.39 is 0 Å². The van der Waals surface area contributed by atoms with Gasteiger partial charge in [-0.05, 0) is 79.6 Å². The van der Waals surface area contributed by atoms with Gasteiger partial charge in [-0.15, -0.1) is 0 Å². The van der Waals surface area contributed by atoms with Crippen LogP contribution in [0, 0.1) is 17.8 Å². The number of nitrogens with zero attached hydrogens (tertiary/aromatic N) is 7. The van der Waals surface area contributed by atoms with Gasteiger partial charge in [-0.2, -0.15) is 15.0 Å². The molecule has 4 unspecified atom stereocenters. The number of hydrogen-bond donors (Lipinski definition) is 0. The van der Waals surface area contributed by atoms with Crippen molar-refractivity contribution in [1.29, 1.82) is 0 Å². The zero-order chi connectivity index (χ0) is 43.7. The highest BCUT2D eigenvalue weighted by molar-refractivity contribution is 6.13. The Labute approximate surface area is 381 Å². The van der Waals surface area contributed by atoms with Crippen LogP contribution < -0.4 is 4.90 Å². The van der Waals surface area contributed by atoms with E-state index in [1.807, 2.05) is 18.2 Å². The van der Waals surface area contributed by atoms with Crippen molar-refractivity contribution in [2.24, 2.45) is 17.8 Å². The summed E-state index contributed by atoms with van der Waals surface area (Å²) in [5.41, 5.74) is 10.9. The number of hydrogen-bond acceptors (Lipinski definition) is 4. The van der Waals surface area contributed by atoms with Gasteiger partial charge < -0.3 is 9.47 Å². The molecule has 14 rings (SSSR count). The lowest BCUT2D eigenvalue weighted by Crippen LogP contribution is -2.43. The summed E-state index contributed by atoms with van der Waals surface area (Å²) in [5, 5.41) is 7.03. The Morgan fingerprint density at radius 2 is 0.955 bits per heavy atom. The van der Waals surface area contributed by atoms with Gasteiger partial charge in [0.25, 0.3) is 0 Å². The Morgan fingerprint density at radius 3 is 1.56 bits per heavy atom. The van der Waals surface area contributed by atoms with Crippen LogP contribution in [-0.4, -0.2) is 34.2 Å². The van der Waals surface area contributed by atoms with Crippen LogP contribution >= 0.6 is 0 Å². The molecule has 7 heteroatoms. The summed E-state index contributed by atoms with van der Waals surface area (Å²) in [7, 11) is 0. The normalized spacial score (nSPS) is 20.1. The van der Waals surface area contributed by atoms with Gasteiger partial charge in [-0.25, -0.2) is 0 Å². The number of fused-ring (bicyclic) bond motifs is 12. The Balaban J connectivity index is 0.986. The Bertz CT molecular complexity index is 3900. The molecular weight excluding hydrogens is 807 g/mol. The molecule has 2 aliphatic carbocycles. The van der Waals surface area contributed by atoms with E-state index >= 15 is 0 Å². The van der Waals surface area contributed by atoms with Crippen LogP contribution in [0.4, 0.5) is 5.69 Å². The van der Waals surface area contributed by atoms with Crippen LogP contribution in [0.1, 0.15) is 13.8 Å². The summed E-state index contributed by atoms with van der Waals surface area (Å²) in [6.45, 7) is 4.76. The molecular formula is C59H43N7. The maximum absolute atomic E-state index is 5.48. The Hall–Kier alpha value is -8.29. The summed E-state index contributed by atoms with van der Waals surface area (Å²) in [6.07, 6.45) is 16.2. The van der Waals surface area contributed by atoms with Crippen molar-refractivity contribution in [2.45, 2.75) is 19.4 Å². The van der Waals surface area contributed by atoms with Gasteiger partial charge in [0, 0.05) is 66.8 Å². The van der Waals surface area contributed by atoms with Crippen molar-refractivity contribution < 1.29 is 0 Å². The van der Waals surface area contributed by atoms with Gasteiger partial charge >= 0.3 is 0 Å². The van der Waals surface area contributed by atoms with E-state index in [9.17, 15) is 0 Å². The molecule has 0 bridgehead atoms. The second kappa shape index (κ2) is 13.9. The zero-order valence-electron chi connectivity index (χ0n) is 36.5. The molecule has 0 saturated carbocycles. The molecule has 11 aromatic rings. The summed E-state index contributed by atoms with van der Waals surface area (Å²) < 4.78 is 6.82. The summed E-state index contributed by atoms with van der Waals surface area (Å²) in [5.74, 6) is 2.94. The van der Waals surface area contributed by atoms with Gasteiger partial charge in [0.05, 0.1) is 38.6 Å². The topological polar surface area (TPSA) is 56.7 Å². The molecule has 7 aromatic carbocycles. The van der Waals surface area contributed by atoms with Crippen LogP contribution in [0.15, 0.2) is 212 Å². The second-order valence-electron chi connectivity index (χ2n) is 18.3. The molecule has 314 valence electrons. The van der Waals surface area contributed by atoms with Crippen LogP contribution in [0.25, 0.3) is 94.4 Å². The number of benzene rings is 7. The van der Waals surface area contributed by atoms with Crippen LogP contribution in [0.3, 0.4) is 0 Å². The fourth-order valence-corrected chi connectivity index (χ4v) is 11.8. The molecule has 0 amide bonds. The number of allylic oxidation sites excluding steroid dienone is 6. The lowest BCUT2D eigenvalue weighted by atomic mass is 9.72. The molecule has 0 N–H and O–H groups in total. The first-order valence-corrected chi connectivity index (χ1v) is 23.0. The average Bonchev–Trinajstić information content (AvgIpc) is 4.07. The maximum Gasteiger partial charge on any atom is 0.240 e. The molecule has 4 atom stereocenters. The molecule has 5 heterocycles. The van der Waals surface area contributed by atoms with Crippen LogP contribution in [-0.2, 0) is 0 Å². The number of aromatic nitrogens is 6. The van der Waals surface area contributed by atoms with E-state index in [0.29, 0.717) is 35.5 Å². The first-order chi connectivity index (χ1) is 32.5. The van der Waals surface area contributed by atoms with Crippen molar-refractivity contribution in [3.63, 3.8) is 0 Å². The van der Waals surface area contributed by atoms with E-state index in [0.717, 1.165) is 54.9 Å². The highest BCUT2D eigenvalue weighted by atomic mass is 15.3. The van der Waals surface area contributed by atoms with Crippen LogP contribution in [0.2, 0.25) is 0 Å². The molecule has 3 aliphatic rings. The molecule has 0 spiro atoms. The average molecular weight is 850 g/mol. The van der Waals surface area contributed by atoms with E-state index in [1.165, 1.54) is 33.2 Å². The van der Waals surface area contributed by atoms with E-state index in [-0.39, 0.29) is 5.54 Å². The zero-order valence-corrected chi connectivity index (χ0v) is 36.5. The number of rotatable bonds is 5. The minimum absolute atomic E-state index is 0.197. The van der Waals surface area contributed by atoms with Crippen molar-refractivity contribution in [2.75, 3.05) is 4.90 Å². The van der Waals surface area contributed by atoms with E-state index in [4.69, 9.17) is 15.0 Å². The van der Waals surface area contributed by atoms with Gasteiger partial charge in [0.2, 0.25) is 11.9 Å². The largest absolute Gasteiger partial charge is 0.335 e. The summed E-state index contributed by atoms with van der Waals surface area (Å²) in [6, 6.07) is 58.6. The predicted molar refractivity (Wildman–Crippen MR) is 271 cm³/mol. The SMILES string of the molecule is CC1C=CC=C2C1C1C=CC=CC1(C)N2c1ccc2c(c1)c1ccccc1n2-c1nc(-c2ccccc2)nc(-n2c3ccccc3c3cc(-n4c5ccccc5c5ccccc54)ccc32)n1. The third kappa shape index (κ3) is 5.16. The first kappa shape index (κ1) is 37.1. The van der Waals surface area contributed by atoms with Gasteiger partial charge in [0.1, 0.15) is 0 Å². The standard InChI is InChI=1S/C59H43N7/c1-37-17-16-29-54-55(37)47-24-14-15-34-59(47,2)66(54)40-31-33-53-46(36-40)44-23-9-13-28-51(44)65(53)58-61-56(38-18-4-3-5-19-38)60-57(62-58)64-50-27-12-8-22-43(50)45-35-39(30-32-52(45)64)63-48-25-10-6-20-41(48)42-21-7-11-26-49(42)63/h3-37,47,55H,1-2H3. The van der Waals surface area contributed by atoms with E-state index in [1.54, 1.807) is 0 Å². The van der Waals surface area contributed by atoms with Crippen molar-refractivity contribution in [1.82, 2.24) is 28.7 Å². The molecule has 4 aromatic heterocycles. The van der Waals surface area contributed by atoms with Crippen molar-refractivity contribution in [3.8, 4) is 29.0 Å². The highest BCUT2D eigenvalue weighted by Crippen LogP contribution is 2.55. The first-order valence-electron chi connectivity index (χ1n) is 23.0. The number of anilines is 1. The van der Waals surface area contributed by atoms with Gasteiger partial charge in [-0.1, -0.05) is 147 Å². The lowest BCUT2D eigenvalue weighted by molar-refractivity contribution is 0.349. The monoisotopic (exact) mass is 849 g/mol. The fourth-order valence-electron chi connectivity index (χ4n) is 11.8. The highest BCUT2D eigenvalue weighted by Gasteiger charge is 2.53.